The van der Waals surface area contributed by atoms with E-state index in [1.54, 1.807) is 0 Å². The van der Waals surface area contributed by atoms with Gasteiger partial charge in [0.25, 0.3) is 0 Å². The first-order valence-electron chi connectivity index (χ1n) is 40.2. The summed E-state index contributed by atoms with van der Waals surface area (Å²) < 4.78 is 68.6. The van der Waals surface area contributed by atoms with E-state index in [-0.39, 0.29) is 25.7 Å². The van der Waals surface area contributed by atoms with Gasteiger partial charge in [0.1, 0.15) is 19.3 Å². The summed E-state index contributed by atoms with van der Waals surface area (Å²) in [5.74, 6) is -2.22. The summed E-state index contributed by atoms with van der Waals surface area (Å²) in [5.41, 5.74) is 0. The molecule has 17 nitrogen and oxygen atoms in total. The van der Waals surface area contributed by atoms with Gasteiger partial charge in [-0.3, -0.25) is 37.3 Å². The second-order valence-corrected chi connectivity index (χ2v) is 29.9. The number of esters is 4. The van der Waals surface area contributed by atoms with Crippen molar-refractivity contribution in [3.8, 4) is 0 Å². The highest BCUT2D eigenvalue weighted by molar-refractivity contribution is 7.47. The molecule has 0 aromatic carbocycles. The Labute approximate surface area is 609 Å². The Kier molecular flexibility index (Phi) is 71.2. The van der Waals surface area contributed by atoms with Gasteiger partial charge in [0, 0.05) is 25.7 Å². The number of aliphatic hydroxyl groups is 1. The zero-order valence-electron chi connectivity index (χ0n) is 63.6. The summed E-state index contributed by atoms with van der Waals surface area (Å²) in [6, 6.07) is 0. The van der Waals surface area contributed by atoms with E-state index in [1.165, 1.54) is 154 Å². The zero-order valence-corrected chi connectivity index (χ0v) is 65.4. The van der Waals surface area contributed by atoms with Crippen molar-refractivity contribution in [3.05, 3.63) is 72.9 Å². The quantitative estimate of drug-likeness (QED) is 0.0169. The molecule has 5 atom stereocenters. The Morgan fingerprint density at radius 3 is 0.850 bits per heavy atom. The molecule has 0 aromatic heterocycles. The topological polar surface area (TPSA) is 237 Å². The van der Waals surface area contributed by atoms with E-state index in [2.05, 4.69) is 88.5 Å². The molecule has 0 fully saturated rings. The number of hydrogen-bond donors (Lipinski definition) is 3. The molecule has 0 radical (unpaired) electrons. The summed E-state index contributed by atoms with van der Waals surface area (Å²) in [5, 5.41) is 10.6. The van der Waals surface area contributed by atoms with Gasteiger partial charge in [-0.2, -0.15) is 0 Å². The minimum absolute atomic E-state index is 0.0869. The van der Waals surface area contributed by atoms with Crippen molar-refractivity contribution in [3.63, 3.8) is 0 Å². The number of rotatable bonds is 76. The van der Waals surface area contributed by atoms with E-state index in [0.717, 1.165) is 122 Å². The van der Waals surface area contributed by atoms with Crippen LogP contribution in [-0.4, -0.2) is 96.7 Å². The number of carbonyl (C=O) groups excluding carboxylic acids is 4. The monoisotopic (exact) mass is 1450 g/mol. The molecule has 19 heteroatoms. The number of aliphatic hydroxyl groups excluding tert-OH is 1. The van der Waals surface area contributed by atoms with Crippen molar-refractivity contribution < 1.29 is 80.2 Å². The Morgan fingerprint density at radius 2 is 0.530 bits per heavy atom. The third-order valence-electron chi connectivity index (χ3n) is 17.2. The first-order chi connectivity index (χ1) is 48.7. The number of phosphoric acid groups is 2. The molecule has 0 aliphatic heterocycles. The van der Waals surface area contributed by atoms with Crippen LogP contribution in [0.4, 0.5) is 0 Å². The van der Waals surface area contributed by atoms with Crippen LogP contribution < -0.4 is 0 Å². The van der Waals surface area contributed by atoms with Gasteiger partial charge in [0.05, 0.1) is 26.4 Å². The largest absolute Gasteiger partial charge is 0.472 e. The van der Waals surface area contributed by atoms with Gasteiger partial charge in [-0.25, -0.2) is 9.13 Å². The predicted octanol–water partition coefficient (Wildman–Crippen LogP) is 23.2. The molecule has 0 bridgehead atoms. The first kappa shape index (κ1) is 96.5. The van der Waals surface area contributed by atoms with Crippen LogP contribution in [0.15, 0.2) is 72.9 Å². The van der Waals surface area contributed by atoms with E-state index in [4.69, 9.17) is 37.0 Å². The number of carbonyl (C=O) groups is 4. The van der Waals surface area contributed by atoms with Crippen LogP contribution in [0.25, 0.3) is 0 Å². The van der Waals surface area contributed by atoms with E-state index in [1.807, 2.05) is 12.2 Å². The van der Waals surface area contributed by atoms with Crippen LogP contribution in [0.1, 0.15) is 362 Å². The van der Waals surface area contributed by atoms with Gasteiger partial charge in [-0.15, -0.1) is 0 Å². The number of unbranched alkanes of at least 4 members (excludes halogenated alkanes) is 38. The van der Waals surface area contributed by atoms with Crippen LogP contribution in [0.2, 0.25) is 0 Å². The van der Waals surface area contributed by atoms with E-state index < -0.39 is 97.5 Å². The Bertz CT molecular complexity index is 2180. The van der Waals surface area contributed by atoms with Crippen LogP contribution in [-0.2, 0) is 65.4 Å². The average Bonchev–Trinajstić information content (AvgIpc) is 0.965. The summed E-state index contributed by atoms with van der Waals surface area (Å²) >= 11 is 0. The maximum absolute atomic E-state index is 13.1. The lowest BCUT2D eigenvalue weighted by atomic mass is 10.0. The summed E-state index contributed by atoms with van der Waals surface area (Å²) in [7, 11) is -9.95. The van der Waals surface area contributed by atoms with Gasteiger partial charge in [0.2, 0.25) is 0 Å². The molecule has 0 rings (SSSR count). The number of hydrogen-bond acceptors (Lipinski definition) is 15. The van der Waals surface area contributed by atoms with Gasteiger partial charge >= 0.3 is 39.5 Å². The van der Waals surface area contributed by atoms with Gasteiger partial charge < -0.3 is 33.8 Å². The molecule has 100 heavy (non-hydrogen) atoms. The molecule has 0 aliphatic rings. The fourth-order valence-corrected chi connectivity index (χ4v) is 12.7. The molecule has 0 saturated carbocycles. The Hall–Kier alpha value is -3.50. The van der Waals surface area contributed by atoms with Crippen molar-refractivity contribution in [2.45, 2.75) is 380 Å². The standard InChI is InChI=1S/C81H146O17P2/c1-5-9-13-17-21-25-29-33-36-37-40-43-46-50-54-58-62-66-79(84)92-71-76(97-80(85)67-63-59-55-51-47-41-32-28-24-20-16-12-8-4)73-95-99(87,88)93-69-75(82)70-94-100(89,90)96-74-77(98-81(86)68-64-60-56-52-48-44-39-35-31-27-23-19-15-11-7-3)72-91-78(83)65-61-57-53-49-45-42-38-34-30-26-22-18-14-10-6-2/h9,13,21,25,33-34,36,38,40,43,50,54,75-77,82H,5-8,10-12,14-20,22-24,26-32,35,37,39,41-42,44-49,51-53,55-74H2,1-4H3,(H,87,88)(H,89,90)/b13-9-,25-21-,36-33-,38-34-,43-40-,54-50-. The highest BCUT2D eigenvalue weighted by Gasteiger charge is 2.30. The van der Waals surface area contributed by atoms with Crippen molar-refractivity contribution in [1.29, 1.82) is 0 Å². The van der Waals surface area contributed by atoms with Crippen molar-refractivity contribution in [1.82, 2.24) is 0 Å². The van der Waals surface area contributed by atoms with Gasteiger partial charge in [0.15, 0.2) is 12.2 Å². The molecule has 0 amide bonds. The van der Waals surface area contributed by atoms with E-state index >= 15 is 0 Å². The Morgan fingerprint density at radius 1 is 0.290 bits per heavy atom. The van der Waals surface area contributed by atoms with E-state index in [0.29, 0.717) is 32.1 Å². The molecule has 0 saturated heterocycles. The third-order valence-corrected chi connectivity index (χ3v) is 19.1. The Balaban J connectivity index is 5.36. The van der Waals surface area contributed by atoms with Crippen LogP contribution in [0.5, 0.6) is 0 Å². The second-order valence-electron chi connectivity index (χ2n) is 27.0. The van der Waals surface area contributed by atoms with Crippen LogP contribution in [0.3, 0.4) is 0 Å². The molecule has 582 valence electrons. The van der Waals surface area contributed by atoms with Crippen molar-refractivity contribution in [2.75, 3.05) is 39.6 Å². The molecule has 0 spiro atoms. The molecule has 0 aromatic rings. The summed E-state index contributed by atoms with van der Waals surface area (Å²) in [6.07, 6.45) is 74.6. The highest BCUT2D eigenvalue weighted by atomic mass is 31.2. The fraction of sp³-hybridized carbons (Fsp3) is 0.802. The number of allylic oxidation sites excluding steroid dienone is 12. The highest BCUT2D eigenvalue weighted by Crippen LogP contribution is 2.45. The molecule has 3 N–H and O–H groups in total. The van der Waals surface area contributed by atoms with Crippen molar-refractivity contribution >= 4 is 39.5 Å². The molecular weight excluding hydrogens is 1310 g/mol. The lowest BCUT2D eigenvalue weighted by Gasteiger charge is -2.21. The zero-order chi connectivity index (χ0) is 73.2. The van der Waals surface area contributed by atoms with Gasteiger partial charge in [-0.1, -0.05) is 319 Å². The fourth-order valence-electron chi connectivity index (χ4n) is 11.1. The lowest BCUT2D eigenvalue weighted by molar-refractivity contribution is -0.161. The first-order valence-corrected chi connectivity index (χ1v) is 43.2. The maximum Gasteiger partial charge on any atom is 0.472 e. The molecule has 0 heterocycles. The lowest BCUT2D eigenvalue weighted by Crippen LogP contribution is -2.30. The molecular formula is C81H146O17P2. The van der Waals surface area contributed by atoms with Crippen LogP contribution >= 0.6 is 15.6 Å². The summed E-state index contributed by atoms with van der Waals surface area (Å²) in [6.45, 7) is 4.75. The maximum atomic E-state index is 13.1. The van der Waals surface area contributed by atoms with E-state index in [9.17, 15) is 43.2 Å². The molecule has 5 unspecified atom stereocenters. The normalized spacial score (nSPS) is 14.3. The smallest absolute Gasteiger partial charge is 0.462 e. The van der Waals surface area contributed by atoms with Crippen molar-refractivity contribution in [2.24, 2.45) is 0 Å². The number of phosphoric ester groups is 2. The number of ether oxygens (including phenoxy) is 4. The molecule has 0 aliphatic carbocycles. The minimum atomic E-state index is -4.98. The summed E-state index contributed by atoms with van der Waals surface area (Å²) in [4.78, 5) is 72.9. The predicted molar refractivity (Wildman–Crippen MR) is 409 cm³/mol. The van der Waals surface area contributed by atoms with Crippen LogP contribution in [0, 0.1) is 0 Å². The second kappa shape index (κ2) is 73.8. The SMILES string of the molecule is CC/C=C\C/C=C\C/C=C\C/C=C\C/C=C\CCCC(=O)OCC(COP(=O)(O)OCC(O)COP(=O)(O)OCC(COC(=O)CCCCCCC/C=C\CCCCCCCC)OC(=O)CCCCCCCCCCCCCCCCC)OC(=O)CCCCCCCCCCCCCCC. The average molecular weight is 1450 g/mol. The third kappa shape index (κ3) is 72.8. The minimum Gasteiger partial charge on any atom is -0.462 e. The van der Waals surface area contributed by atoms with Gasteiger partial charge in [-0.05, 0) is 89.9 Å².